The highest BCUT2D eigenvalue weighted by Gasteiger charge is 2.08. The molecule has 2 aromatic carbocycles. The third-order valence-corrected chi connectivity index (χ3v) is 5.15. The van der Waals surface area contributed by atoms with E-state index >= 15 is 0 Å². The molecule has 1 heterocycles. The van der Waals surface area contributed by atoms with E-state index in [1.807, 2.05) is 48.0 Å². The number of hydrogen-bond acceptors (Lipinski definition) is 3. The number of hydrogen-bond donors (Lipinski definition) is 1. The van der Waals surface area contributed by atoms with Crippen molar-refractivity contribution in [3.63, 3.8) is 0 Å². The van der Waals surface area contributed by atoms with Crippen molar-refractivity contribution in [2.45, 2.75) is 26.4 Å². The van der Waals surface area contributed by atoms with Crippen molar-refractivity contribution < 1.29 is 23.0 Å². The van der Waals surface area contributed by atoms with Crippen LogP contribution >= 0.6 is 0 Å². The lowest BCUT2D eigenvalue weighted by molar-refractivity contribution is -0.120. The predicted octanol–water partition coefficient (Wildman–Crippen LogP) is 3.12. The molecule has 0 atom stereocenters. The summed E-state index contributed by atoms with van der Waals surface area (Å²) in [5.74, 6) is -0.00422. The molecule has 0 saturated carbocycles. The zero-order valence-corrected chi connectivity index (χ0v) is 18.3. The predicted molar refractivity (Wildman–Crippen MR) is 120 cm³/mol. The van der Waals surface area contributed by atoms with Crippen LogP contribution in [0, 0.1) is 11.6 Å². The number of carbonyl (C=O) groups excluding carboxylic acids is 1. The van der Waals surface area contributed by atoms with Crippen molar-refractivity contribution in [3.05, 3.63) is 82.0 Å². The fraction of sp³-hybridized carbons (Fsp3) is 0.240. The van der Waals surface area contributed by atoms with Gasteiger partial charge in [-0.2, -0.15) is 0 Å². The number of nitrogens with one attached hydrogen (secondary N) is 1. The number of amides is 1. The van der Waals surface area contributed by atoms with Crippen LogP contribution in [0.1, 0.15) is 24.5 Å². The third-order valence-electron chi connectivity index (χ3n) is 5.15. The highest BCUT2D eigenvalue weighted by Crippen LogP contribution is 2.24. The number of ether oxygens (including phenoxy) is 2. The van der Waals surface area contributed by atoms with Gasteiger partial charge in [-0.15, -0.1) is 0 Å². The molecule has 3 rings (SSSR count). The first-order chi connectivity index (χ1) is 15.4. The number of methoxy groups -OCH3 is 2. The summed E-state index contributed by atoms with van der Waals surface area (Å²) in [5.41, 5.74) is 1.24. The monoisotopic (exact) mass is 440 g/mol. The van der Waals surface area contributed by atoms with Crippen LogP contribution in [0.5, 0.6) is 11.5 Å². The van der Waals surface area contributed by atoms with E-state index in [0.29, 0.717) is 23.6 Å². The lowest BCUT2D eigenvalue weighted by Gasteiger charge is -2.11. The van der Waals surface area contributed by atoms with Gasteiger partial charge in [-0.3, -0.25) is 4.79 Å². The van der Waals surface area contributed by atoms with Crippen LogP contribution < -0.4 is 25.4 Å². The second-order valence-corrected chi connectivity index (χ2v) is 7.17. The molecule has 32 heavy (non-hydrogen) atoms. The number of halogens is 2. The van der Waals surface area contributed by atoms with Crippen molar-refractivity contribution >= 4 is 18.1 Å². The molecule has 0 spiro atoms. The van der Waals surface area contributed by atoms with E-state index in [2.05, 4.69) is 5.32 Å². The third kappa shape index (κ3) is 5.55. The van der Waals surface area contributed by atoms with Crippen molar-refractivity contribution in [1.29, 1.82) is 0 Å². The minimum Gasteiger partial charge on any atom is -0.497 e. The zero-order chi connectivity index (χ0) is 23.1. The van der Waals surface area contributed by atoms with E-state index in [1.165, 1.54) is 12.1 Å². The Morgan fingerprint density at radius 1 is 1.06 bits per heavy atom. The SMILES string of the molecule is CC=c1c(=CCC(=O)NCc2ccc(OC)cc2OC)ccn1Cc1ccc(F)cc1F. The Bertz CT molecular complexity index is 1220. The summed E-state index contributed by atoms with van der Waals surface area (Å²) in [6.07, 6.45) is 5.74. The minimum absolute atomic E-state index is 0.137. The Morgan fingerprint density at radius 2 is 1.84 bits per heavy atom. The van der Waals surface area contributed by atoms with Gasteiger partial charge in [0.1, 0.15) is 23.1 Å². The van der Waals surface area contributed by atoms with Crippen molar-refractivity contribution in [2.75, 3.05) is 14.2 Å². The molecule has 5 nitrogen and oxygen atoms in total. The lowest BCUT2D eigenvalue weighted by atomic mass is 10.2. The second kappa shape index (κ2) is 10.6. The summed E-state index contributed by atoms with van der Waals surface area (Å²) in [4.78, 5) is 12.4. The first-order valence-electron chi connectivity index (χ1n) is 10.2. The molecule has 168 valence electrons. The molecule has 0 unspecified atom stereocenters. The van der Waals surface area contributed by atoms with E-state index in [0.717, 1.165) is 22.2 Å². The van der Waals surface area contributed by atoms with Gasteiger partial charge in [-0.25, -0.2) is 8.78 Å². The van der Waals surface area contributed by atoms with Gasteiger partial charge in [0.15, 0.2) is 0 Å². The number of benzene rings is 2. The van der Waals surface area contributed by atoms with E-state index in [9.17, 15) is 13.6 Å². The van der Waals surface area contributed by atoms with Crippen molar-refractivity contribution in [3.8, 4) is 11.5 Å². The molecular formula is C25H26F2N2O3. The first kappa shape index (κ1) is 23.1. The zero-order valence-electron chi connectivity index (χ0n) is 18.3. The summed E-state index contributed by atoms with van der Waals surface area (Å²) in [5, 5.41) is 4.61. The van der Waals surface area contributed by atoms with Gasteiger partial charge in [-0.1, -0.05) is 18.2 Å². The molecular weight excluding hydrogens is 414 g/mol. The standard InChI is InChI=1S/C25H26F2N2O3/c1-4-23-17(11-12-29(23)16-19-5-8-20(26)13-22(19)27)7-10-25(30)28-15-18-6-9-21(31-2)14-24(18)32-3/h4-9,11-14H,10,15-16H2,1-3H3,(H,28,30). The topological polar surface area (TPSA) is 52.5 Å². The largest absolute Gasteiger partial charge is 0.497 e. The van der Waals surface area contributed by atoms with Gasteiger partial charge >= 0.3 is 0 Å². The van der Waals surface area contributed by atoms with Crippen LogP contribution in [0.4, 0.5) is 8.78 Å². The molecule has 0 fully saturated rings. The maximum atomic E-state index is 14.0. The number of carbonyl (C=O) groups is 1. The molecule has 1 N–H and O–H groups in total. The molecule has 1 aromatic heterocycles. The minimum atomic E-state index is -0.603. The highest BCUT2D eigenvalue weighted by atomic mass is 19.1. The molecule has 3 aromatic rings. The van der Waals surface area contributed by atoms with Crippen LogP contribution in [0.25, 0.3) is 12.2 Å². The summed E-state index contributed by atoms with van der Waals surface area (Å²) in [6.45, 7) is 2.47. The first-order valence-corrected chi connectivity index (χ1v) is 10.2. The molecule has 0 aliphatic carbocycles. The van der Waals surface area contributed by atoms with Gasteiger partial charge < -0.3 is 19.4 Å². The van der Waals surface area contributed by atoms with Gasteiger partial charge in [0.2, 0.25) is 5.91 Å². The van der Waals surface area contributed by atoms with Crippen molar-refractivity contribution in [1.82, 2.24) is 9.88 Å². The molecule has 1 amide bonds. The molecule has 0 aliphatic rings. The van der Waals surface area contributed by atoms with Gasteiger partial charge in [-0.05, 0) is 36.4 Å². The maximum absolute atomic E-state index is 14.0. The fourth-order valence-corrected chi connectivity index (χ4v) is 3.44. The van der Waals surface area contributed by atoms with Gasteiger partial charge in [0.25, 0.3) is 0 Å². The summed E-state index contributed by atoms with van der Waals surface area (Å²) in [6, 6.07) is 10.9. The Kier molecular flexibility index (Phi) is 7.65. The van der Waals surface area contributed by atoms with Gasteiger partial charge in [0, 0.05) is 47.8 Å². The number of rotatable bonds is 8. The Labute approximate surface area is 185 Å². The van der Waals surface area contributed by atoms with Gasteiger partial charge in [0.05, 0.1) is 20.8 Å². The number of aromatic nitrogens is 1. The Hall–Kier alpha value is -3.61. The van der Waals surface area contributed by atoms with Crippen LogP contribution in [-0.4, -0.2) is 24.7 Å². The summed E-state index contributed by atoms with van der Waals surface area (Å²) < 4.78 is 39.6. The molecule has 7 heteroatoms. The van der Waals surface area contributed by atoms with Crippen LogP contribution in [0.3, 0.4) is 0 Å². The summed E-state index contributed by atoms with van der Waals surface area (Å²) >= 11 is 0. The van der Waals surface area contributed by atoms with E-state index in [-0.39, 0.29) is 18.9 Å². The number of nitrogens with zero attached hydrogens (tertiary/aromatic N) is 1. The van der Waals surface area contributed by atoms with Crippen LogP contribution in [-0.2, 0) is 17.9 Å². The van der Waals surface area contributed by atoms with E-state index in [1.54, 1.807) is 20.3 Å². The maximum Gasteiger partial charge on any atom is 0.224 e. The second-order valence-electron chi connectivity index (χ2n) is 7.17. The average molecular weight is 440 g/mol. The van der Waals surface area contributed by atoms with E-state index in [4.69, 9.17) is 9.47 Å². The van der Waals surface area contributed by atoms with Crippen LogP contribution in [0.15, 0.2) is 48.7 Å². The smallest absolute Gasteiger partial charge is 0.224 e. The normalized spacial score (nSPS) is 12.2. The van der Waals surface area contributed by atoms with E-state index < -0.39 is 11.6 Å². The molecule has 0 radical (unpaired) electrons. The molecule has 0 aliphatic heterocycles. The fourth-order valence-electron chi connectivity index (χ4n) is 3.44. The lowest BCUT2D eigenvalue weighted by Crippen LogP contribution is -2.30. The highest BCUT2D eigenvalue weighted by molar-refractivity contribution is 5.80. The average Bonchev–Trinajstić information content (AvgIpc) is 3.19. The molecule has 0 bridgehead atoms. The molecule has 0 saturated heterocycles. The Balaban J connectivity index is 1.68. The van der Waals surface area contributed by atoms with Crippen LogP contribution in [0.2, 0.25) is 0 Å². The quantitative estimate of drug-likeness (QED) is 0.586. The summed E-state index contributed by atoms with van der Waals surface area (Å²) in [7, 11) is 3.15. The Morgan fingerprint density at radius 3 is 2.53 bits per heavy atom. The van der Waals surface area contributed by atoms with Crippen molar-refractivity contribution in [2.24, 2.45) is 0 Å².